The molecule has 5 aliphatic carbocycles. The Labute approximate surface area is 379 Å². The van der Waals surface area contributed by atoms with Crippen LogP contribution in [0.25, 0.3) is 0 Å². The van der Waals surface area contributed by atoms with E-state index in [9.17, 15) is 0 Å². The average molecular weight is 915 g/mol. The molecule has 0 amide bonds. The van der Waals surface area contributed by atoms with Crippen molar-refractivity contribution in [3.8, 4) is 0 Å². The van der Waals surface area contributed by atoms with Crippen LogP contribution in [0.2, 0.25) is 0 Å². The summed E-state index contributed by atoms with van der Waals surface area (Å²) in [6, 6.07) is 15.4. The molecule has 0 spiro atoms. The van der Waals surface area contributed by atoms with Gasteiger partial charge in [0.05, 0.1) is 6.10 Å². The molecule has 14 unspecified atom stereocenters. The van der Waals surface area contributed by atoms with E-state index in [4.69, 9.17) is 21.8 Å². The summed E-state index contributed by atoms with van der Waals surface area (Å²) >= 11 is -0.826. The molecule has 0 radical (unpaired) electrons. The van der Waals surface area contributed by atoms with E-state index in [0.29, 0.717) is 17.8 Å². The molecule has 58 heavy (non-hydrogen) atoms. The first kappa shape index (κ1) is 52.2. The van der Waals surface area contributed by atoms with Crippen molar-refractivity contribution in [1.29, 1.82) is 0 Å². The second kappa shape index (κ2) is 20.1. The van der Waals surface area contributed by atoms with Gasteiger partial charge in [-0.25, -0.2) is 0 Å². The van der Waals surface area contributed by atoms with Crippen LogP contribution >= 0.6 is 17.0 Å². The van der Waals surface area contributed by atoms with Crippen molar-refractivity contribution in [2.45, 2.75) is 178 Å². The molecule has 14 atom stereocenters. The number of hydrogen-bond acceptors (Lipinski definition) is 1. The second-order valence-electron chi connectivity index (χ2n) is 23.0. The van der Waals surface area contributed by atoms with Crippen molar-refractivity contribution in [3.05, 3.63) is 84.6 Å². The normalized spacial score (nSPS) is 35.4. The van der Waals surface area contributed by atoms with Gasteiger partial charge in [0.15, 0.2) is 0 Å². The van der Waals surface area contributed by atoms with Gasteiger partial charge in [-0.3, -0.25) is 0 Å². The summed E-state index contributed by atoms with van der Waals surface area (Å²) in [5.41, 5.74) is 9.64. The molecule has 0 saturated heterocycles. The molecule has 0 aromatic heterocycles. The number of ether oxygens (including phenoxy) is 1. The number of halogens is 2. The van der Waals surface area contributed by atoms with Crippen molar-refractivity contribution in [2.75, 3.05) is 7.11 Å². The van der Waals surface area contributed by atoms with E-state index in [2.05, 4.69) is 126 Å². The monoisotopic (exact) mass is 913 g/mol. The van der Waals surface area contributed by atoms with Gasteiger partial charge in [-0.15, -0.1) is 0 Å². The summed E-state index contributed by atoms with van der Waals surface area (Å²) in [6.45, 7) is 32.0. The van der Waals surface area contributed by atoms with Gasteiger partial charge in [0.25, 0.3) is 0 Å². The maximum absolute atomic E-state index is 6.76. The molecule has 328 valence electrons. The molecule has 2 aromatic rings. The van der Waals surface area contributed by atoms with Crippen LogP contribution in [-0.2, 0) is 36.4 Å². The number of methoxy groups -OCH3 is 1. The number of rotatable bonds is 5. The molecule has 7 rings (SSSR count). The molecule has 5 saturated carbocycles. The molecule has 5 fully saturated rings. The van der Waals surface area contributed by atoms with Crippen LogP contribution in [0.15, 0.2) is 36.4 Å². The van der Waals surface area contributed by atoms with Crippen LogP contribution in [0.4, 0.5) is 0 Å². The Bertz CT molecular complexity index is 1560. The van der Waals surface area contributed by atoms with Crippen molar-refractivity contribution < 1.29 is 25.6 Å². The first-order valence-electron chi connectivity index (χ1n) is 22.4. The van der Waals surface area contributed by atoms with E-state index >= 15 is 0 Å². The molecule has 5 aliphatic rings. The number of fused-ring (bicyclic) bond motifs is 3. The van der Waals surface area contributed by atoms with Gasteiger partial charge in [-0.1, -0.05) is 144 Å². The number of benzene rings is 2. The Kier molecular flexibility index (Phi) is 18.1. The fourth-order valence-corrected chi connectivity index (χ4v) is 14.1. The quantitative estimate of drug-likeness (QED) is 0.272. The Morgan fingerprint density at radius 2 is 1.09 bits per heavy atom. The van der Waals surface area contributed by atoms with Gasteiger partial charge >= 0.3 is 37.9 Å². The van der Waals surface area contributed by atoms with Crippen LogP contribution in [0, 0.1) is 99.2 Å². The van der Waals surface area contributed by atoms with Crippen LogP contribution in [-0.4, -0.2) is 13.2 Å². The van der Waals surface area contributed by atoms with E-state index in [0.717, 1.165) is 59.2 Å². The third-order valence-corrected chi connectivity index (χ3v) is 16.5. The van der Waals surface area contributed by atoms with Crippen molar-refractivity contribution in [1.82, 2.24) is 0 Å². The summed E-state index contributed by atoms with van der Waals surface area (Å²) in [7, 11) is 11.9. The van der Waals surface area contributed by atoms with Gasteiger partial charge in [0.2, 0.25) is 0 Å². The third-order valence-electron chi connectivity index (χ3n) is 16.5. The van der Waals surface area contributed by atoms with E-state index < -0.39 is 20.8 Å². The number of aryl methyl sites for hydroxylation is 2. The molecule has 2 aromatic carbocycles. The summed E-state index contributed by atoms with van der Waals surface area (Å²) in [6.07, 6.45) is 11.8. The van der Waals surface area contributed by atoms with Gasteiger partial charge in [0, 0.05) is 13.0 Å². The van der Waals surface area contributed by atoms with Crippen molar-refractivity contribution in [2.24, 2.45) is 70.5 Å². The molecule has 0 N–H and O–H groups in total. The zero-order valence-electron chi connectivity index (χ0n) is 39.4. The predicted molar refractivity (Wildman–Crippen MR) is 253 cm³/mol. The zero-order chi connectivity index (χ0) is 40.4. The standard InChI is InChI=1S/C51H78O.CH4.2CH3.2ClH.Zr/c1-29-18-30(2)20-34(19-29)46-38-17-15-16-33(38)25-41-39(31(3)21-43(41)46)27-40-32(4)22-44-42(40)28-45(51(11,12)13)48(52-14)47(44)35-23-36(49(5,6)7)26-37(24-35)50(8,9)10;;;;;;/h18-20,23-24,26,31-33,38-48H,15-17,21-22,25,27-28H2,1-14H3;1H4;2*1H3;2*1H;/q;;2*-1;;;+4/p-2. The summed E-state index contributed by atoms with van der Waals surface area (Å²) in [5, 5.41) is 0. The van der Waals surface area contributed by atoms with Gasteiger partial charge in [-0.2, -0.15) is 0 Å². The van der Waals surface area contributed by atoms with Crippen molar-refractivity contribution >= 4 is 17.0 Å². The van der Waals surface area contributed by atoms with E-state index in [1.54, 1.807) is 11.1 Å². The van der Waals surface area contributed by atoms with Crippen LogP contribution in [0.5, 0.6) is 0 Å². The third kappa shape index (κ3) is 10.6. The van der Waals surface area contributed by atoms with Crippen LogP contribution in [0.3, 0.4) is 0 Å². The van der Waals surface area contributed by atoms with E-state index in [1.807, 2.05) is 7.11 Å². The molecule has 1 nitrogen and oxygen atoms in total. The molecule has 0 bridgehead atoms. The topological polar surface area (TPSA) is 9.23 Å². The minimum absolute atomic E-state index is 0. The van der Waals surface area contributed by atoms with Crippen LogP contribution in [0.1, 0.15) is 180 Å². The molecule has 4 heteroatoms. The van der Waals surface area contributed by atoms with Crippen molar-refractivity contribution in [3.63, 3.8) is 0 Å². The SMILES string of the molecule is C.COC1C(c2cc(C(C)(C)C)cc(C(C)(C)C)c2)C2CC(C)C(CC3C(C)CC4C3CC3CCCC3C4c3cc(C)cc(C)c3)C2CC1C(C)(C)C.[CH3-].[CH3-].[Cl][Zr+2][Cl]. The van der Waals surface area contributed by atoms with E-state index in [-0.39, 0.29) is 44.6 Å². The molecular weight excluding hydrogens is 827 g/mol. The van der Waals surface area contributed by atoms with Gasteiger partial charge < -0.3 is 19.6 Å². The Hall–Kier alpha value is -0.137. The molecule has 0 aliphatic heterocycles. The first-order chi connectivity index (χ1) is 25.7. The fourth-order valence-electron chi connectivity index (χ4n) is 14.1. The van der Waals surface area contributed by atoms with Gasteiger partial charge in [0.1, 0.15) is 0 Å². The average Bonchev–Trinajstić information content (AvgIpc) is 3.76. The molecular formula is C54H88Cl2OZr. The predicted octanol–water partition coefficient (Wildman–Crippen LogP) is 16.7. The molecule has 0 heterocycles. The van der Waals surface area contributed by atoms with Crippen LogP contribution < -0.4 is 0 Å². The fraction of sp³-hybridized carbons (Fsp3) is 0.741. The van der Waals surface area contributed by atoms with E-state index in [1.165, 1.54) is 73.6 Å². The zero-order valence-corrected chi connectivity index (χ0v) is 43.3. The summed E-state index contributed by atoms with van der Waals surface area (Å²) < 4.78 is 6.76. The first-order valence-corrected chi connectivity index (χ1v) is 28.7. The summed E-state index contributed by atoms with van der Waals surface area (Å²) in [5.74, 6) is 10.3. The maximum atomic E-state index is 6.76. The second-order valence-corrected chi connectivity index (χ2v) is 26.8. The Morgan fingerprint density at radius 1 is 0.621 bits per heavy atom. The Balaban J connectivity index is 0.00000146. The Morgan fingerprint density at radius 3 is 1.55 bits per heavy atom. The summed E-state index contributed by atoms with van der Waals surface area (Å²) in [4.78, 5) is 0. The van der Waals surface area contributed by atoms with Gasteiger partial charge in [-0.05, 0) is 162 Å². The number of hydrogen-bond donors (Lipinski definition) is 0. The minimum atomic E-state index is -0.826.